The van der Waals surface area contributed by atoms with Crippen LogP contribution in [0.15, 0.2) is 42.5 Å². The lowest BCUT2D eigenvalue weighted by atomic mass is 10.1. The molecule has 0 atom stereocenters. The molecule has 5 heteroatoms. The first-order chi connectivity index (χ1) is 9.59. The first-order valence-corrected chi connectivity index (χ1v) is 6.73. The molecule has 1 aliphatic rings. The summed E-state index contributed by atoms with van der Waals surface area (Å²) in [6.07, 6.45) is 0. The topological polar surface area (TPSA) is 37.4 Å². The van der Waals surface area contributed by atoms with E-state index < -0.39 is 11.7 Å². The third kappa shape index (κ3) is 1.99. The maximum absolute atomic E-state index is 12.1. The molecule has 2 aromatic carbocycles. The van der Waals surface area contributed by atoms with E-state index in [0.717, 1.165) is 0 Å². The summed E-state index contributed by atoms with van der Waals surface area (Å²) < 4.78 is 0. The molecule has 0 saturated heterocycles. The van der Waals surface area contributed by atoms with Crippen LogP contribution in [0, 0.1) is 0 Å². The molecule has 3 nitrogen and oxygen atoms in total. The van der Waals surface area contributed by atoms with E-state index in [1.807, 2.05) is 0 Å². The van der Waals surface area contributed by atoms with Gasteiger partial charge in [0.15, 0.2) is 0 Å². The minimum absolute atomic E-state index is 0.181. The molecule has 0 radical (unpaired) electrons. The monoisotopic (exact) mass is 305 g/mol. The van der Waals surface area contributed by atoms with Gasteiger partial charge in [-0.15, -0.1) is 0 Å². The van der Waals surface area contributed by atoms with E-state index >= 15 is 0 Å². The maximum atomic E-state index is 12.1. The van der Waals surface area contributed by atoms with E-state index in [4.69, 9.17) is 23.2 Å². The lowest BCUT2D eigenvalue weighted by Crippen LogP contribution is -2.29. The summed E-state index contributed by atoms with van der Waals surface area (Å²) in [5, 5.41) is 0.948. The van der Waals surface area contributed by atoms with Gasteiger partial charge in [-0.3, -0.25) is 9.59 Å². The maximum Gasteiger partial charge on any atom is 0.299 e. The van der Waals surface area contributed by atoms with Crippen molar-refractivity contribution >= 4 is 40.6 Å². The summed E-state index contributed by atoms with van der Waals surface area (Å²) >= 11 is 12.2. The van der Waals surface area contributed by atoms with E-state index in [2.05, 4.69) is 0 Å². The van der Waals surface area contributed by atoms with Crippen LogP contribution in [0.25, 0.3) is 0 Å². The van der Waals surface area contributed by atoms with Crippen LogP contribution >= 0.6 is 23.2 Å². The molecular formula is C15H9Cl2NO2. The molecule has 100 valence electrons. The van der Waals surface area contributed by atoms with Gasteiger partial charge in [0.1, 0.15) is 0 Å². The second-order valence-electron chi connectivity index (χ2n) is 4.44. The first-order valence-electron chi connectivity index (χ1n) is 5.97. The average Bonchev–Trinajstić information content (AvgIpc) is 2.68. The molecule has 2 aromatic rings. The molecule has 20 heavy (non-hydrogen) atoms. The van der Waals surface area contributed by atoms with Gasteiger partial charge < -0.3 is 4.90 Å². The van der Waals surface area contributed by atoms with Gasteiger partial charge in [0.25, 0.3) is 11.7 Å². The van der Waals surface area contributed by atoms with Gasteiger partial charge in [0.2, 0.25) is 0 Å². The number of anilines is 1. The van der Waals surface area contributed by atoms with Gasteiger partial charge in [-0.2, -0.15) is 0 Å². The average molecular weight is 306 g/mol. The zero-order valence-corrected chi connectivity index (χ0v) is 11.8. The van der Waals surface area contributed by atoms with Gasteiger partial charge in [-0.05, 0) is 24.3 Å². The predicted octanol–water partition coefficient (Wildman–Crippen LogP) is 3.72. The molecular weight excluding hydrogens is 297 g/mol. The standard InChI is InChI=1S/C15H9Cl2NO2/c16-11-5-3-6-12(17)10(11)8-18-13-7-2-1-4-9(13)14(19)15(18)20/h1-7H,8H2. The Kier molecular flexibility index (Phi) is 3.24. The number of amides is 1. The number of rotatable bonds is 2. The van der Waals surface area contributed by atoms with Crippen molar-refractivity contribution in [3.63, 3.8) is 0 Å². The highest BCUT2D eigenvalue weighted by Gasteiger charge is 2.35. The largest absolute Gasteiger partial charge is 0.300 e. The summed E-state index contributed by atoms with van der Waals surface area (Å²) in [4.78, 5) is 25.4. The quantitative estimate of drug-likeness (QED) is 0.793. The molecule has 1 heterocycles. The minimum Gasteiger partial charge on any atom is -0.300 e. The number of benzene rings is 2. The van der Waals surface area contributed by atoms with Crippen molar-refractivity contribution < 1.29 is 9.59 Å². The Morgan fingerprint density at radius 2 is 1.55 bits per heavy atom. The lowest BCUT2D eigenvalue weighted by molar-refractivity contribution is -0.114. The molecule has 0 unspecified atom stereocenters. The van der Waals surface area contributed by atoms with Crippen molar-refractivity contribution in [1.82, 2.24) is 0 Å². The first kappa shape index (κ1) is 13.2. The summed E-state index contributed by atoms with van der Waals surface area (Å²) in [5.74, 6) is -1.05. The summed E-state index contributed by atoms with van der Waals surface area (Å²) in [6.45, 7) is 0.181. The van der Waals surface area contributed by atoms with E-state index in [9.17, 15) is 9.59 Å². The van der Waals surface area contributed by atoms with Crippen molar-refractivity contribution in [1.29, 1.82) is 0 Å². The Hall–Kier alpha value is -1.84. The van der Waals surface area contributed by atoms with Crippen LogP contribution in [-0.2, 0) is 11.3 Å². The second-order valence-corrected chi connectivity index (χ2v) is 5.25. The van der Waals surface area contributed by atoms with Gasteiger partial charge in [-0.25, -0.2) is 0 Å². The Morgan fingerprint density at radius 3 is 2.25 bits per heavy atom. The molecule has 1 aliphatic heterocycles. The Bertz CT molecular complexity index is 707. The third-order valence-corrected chi connectivity index (χ3v) is 3.97. The number of carbonyl (C=O) groups is 2. The molecule has 0 fully saturated rings. The van der Waals surface area contributed by atoms with Crippen LogP contribution < -0.4 is 4.90 Å². The van der Waals surface area contributed by atoms with Crippen LogP contribution in [0.1, 0.15) is 15.9 Å². The summed E-state index contributed by atoms with van der Waals surface area (Å²) in [6, 6.07) is 12.0. The highest BCUT2D eigenvalue weighted by molar-refractivity contribution is 6.52. The number of Topliss-reactive ketones (excluding diaryl/α,β-unsaturated/α-hetero) is 1. The fraction of sp³-hybridized carbons (Fsp3) is 0.0667. The van der Waals surface area contributed by atoms with Crippen LogP contribution in [-0.4, -0.2) is 11.7 Å². The van der Waals surface area contributed by atoms with Crippen molar-refractivity contribution in [3.8, 4) is 0 Å². The number of para-hydroxylation sites is 1. The highest BCUT2D eigenvalue weighted by Crippen LogP contribution is 2.33. The number of hydrogen-bond acceptors (Lipinski definition) is 2. The molecule has 0 aromatic heterocycles. The molecule has 1 amide bonds. The fourth-order valence-electron chi connectivity index (χ4n) is 2.25. The Labute approximate surface area is 125 Å². The SMILES string of the molecule is O=C1C(=O)N(Cc2c(Cl)cccc2Cl)c2ccccc21. The van der Waals surface area contributed by atoms with Gasteiger partial charge in [-0.1, -0.05) is 41.4 Å². The van der Waals surface area contributed by atoms with Gasteiger partial charge in [0.05, 0.1) is 17.8 Å². The highest BCUT2D eigenvalue weighted by atomic mass is 35.5. The zero-order valence-electron chi connectivity index (χ0n) is 10.3. The van der Waals surface area contributed by atoms with E-state index in [0.29, 0.717) is 26.9 Å². The Balaban J connectivity index is 2.04. The molecule has 0 aliphatic carbocycles. The smallest absolute Gasteiger partial charge is 0.299 e. The molecule has 0 saturated carbocycles. The van der Waals surface area contributed by atoms with Crippen molar-refractivity contribution in [2.75, 3.05) is 4.90 Å². The lowest BCUT2D eigenvalue weighted by Gasteiger charge is -2.18. The number of hydrogen-bond donors (Lipinski definition) is 0. The number of nitrogens with zero attached hydrogens (tertiary/aromatic N) is 1. The molecule has 0 spiro atoms. The normalized spacial score (nSPS) is 13.8. The predicted molar refractivity (Wildman–Crippen MR) is 78.4 cm³/mol. The molecule has 0 bridgehead atoms. The van der Waals surface area contributed by atoms with E-state index in [1.54, 1.807) is 42.5 Å². The molecule has 3 rings (SSSR count). The Morgan fingerprint density at radius 1 is 0.900 bits per heavy atom. The van der Waals surface area contributed by atoms with Gasteiger partial charge >= 0.3 is 0 Å². The van der Waals surface area contributed by atoms with Crippen molar-refractivity contribution in [2.24, 2.45) is 0 Å². The third-order valence-electron chi connectivity index (χ3n) is 3.26. The van der Waals surface area contributed by atoms with Crippen molar-refractivity contribution in [2.45, 2.75) is 6.54 Å². The molecule has 0 N–H and O–H groups in total. The summed E-state index contributed by atoms with van der Waals surface area (Å²) in [5.41, 5.74) is 1.65. The van der Waals surface area contributed by atoms with E-state index in [1.165, 1.54) is 4.90 Å². The second kappa shape index (κ2) is 4.93. The van der Waals surface area contributed by atoms with Crippen molar-refractivity contribution in [3.05, 3.63) is 63.6 Å². The van der Waals surface area contributed by atoms with E-state index in [-0.39, 0.29) is 6.54 Å². The zero-order chi connectivity index (χ0) is 14.3. The number of carbonyl (C=O) groups excluding carboxylic acids is 2. The minimum atomic E-state index is -0.554. The van der Waals surface area contributed by atoms with Crippen LogP contribution in [0.2, 0.25) is 10.0 Å². The fourth-order valence-corrected chi connectivity index (χ4v) is 2.76. The number of fused-ring (bicyclic) bond motifs is 1. The van der Waals surface area contributed by atoms with Crippen LogP contribution in [0.3, 0.4) is 0 Å². The van der Waals surface area contributed by atoms with Gasteiger partial charge in [0, 0.05) is 15.6 Å². The van der Waals surface area contributed by atoms with Crippen LogP contribution in [0.5, 0.6) is 0 Å². The number of ketones is 1. The van der Waals surface area contributed by atoms with Crippen LogP contribution in [0.4, 0.5) is 5.69 Å². The summed E-state index contributed by atoms with van der Waals surface area (Å²) in [7, 11) is 0. The number of halogens is 2.